The van der Waals surface area contributed by atoms with Gasteiger partial charge in [0.25, 0.3) is 6.43 Å². The maximum absolute atomic E-state index is 12.4. The third-order valence-corrected chi connectivity index (χ3v) is 3.34. The predicted octanol–water partition coefficient (Wildman–Crippen LogP) is 2.29. The number of nitrogens with one attached hydrogen (secondary N) is 1. The van der Waals surface area contributed by atoms with Gasteiger partial charge in [-0.1, -0.05) is 6.07 Å². The summed E-state index contributed by atoms with van der Waals surface area (Å²) in [5.74, 6) is 0.970. The molecule has 0 aliphatic carbocycles. The number of halogens is 2. The maximum atomic E-state index is 12.4. The zero-order valence-corrected chi connectivity index (χ0v) is 10.5. The summed E-state index contributed by atoms with van der Waals surface area (Å²) in [4.78, 5) is 6.50. The van der Waals surface area contributed by atoms with E-state index in [1.807, 2.05) is 18.2 Å². The highest BCUT2D eigenvalue weighted by atomic mass is 19.3. The van der Waals surface area contributed by atoms with Crippen LogP contribution in [-0.2, 0) is 0 Å². The summed E-state index contributed by atoms with van der Waals surface area (Å²) in [6.45, 7) is 3.27. The molecule has 1 saturated heterocycles. The van der Waals surface area contributed by atoms with Gasteiger partial charge in [-0.25, -0.2) is 13.8 Å². The molecule has 100 valence electrons. The van der Waals surface area contributed by atoms with E-state index >= 15 is 0 Å². The van der Waals surface area contributed by atoms with E-state index in [4.69, 9.17) is 0 Å². The number of hydrogen-bond acceptors (Lipinski definition) is 3. The average Bonchev–Trinajstić information content (AvgIpc) is 2.40. The Morgan fingerprint density at radius 1 is 1.33 bits per heavy atom. The predicted molar refractivity (Wildman–Crippen MR) is 68.1 cm³/mol. The molecule has 2 rings (SSSR count). The number of anilines is 1. The molecule has 0 saturated carbocycles. The van der Waals surface area contributed by atoms with Crippen molar-refractivity contribution in [1.29, 1.82) is 0 Å². The van der Waals surface area contributed by atoms with Crippen LogP contribution in [-0.4, -0.2) is 36.6 Å². The molecule has 1 N–H and O–H groups in total. The van der Waals surface area contributed by atoms with Crippen LogP contribution in [0.3, 0.4) is 0 Å². The minimum Gasteiger partial charge on any atom is -0.357 e. The topological polar surface area (TPSA) is 28.2 Å². The smallest absolute Gasteiger partial charge is 0.253 e. The Morgan fingerprint density at radius 2 is 2.06 bits per heavy atom. The molecule has 0 bridgehead atoms. The Hall–Kier alpha value is -1.23. The van der Waals surface area contributed by atoms with Crippen molar-refractivity contribution in [3.8, 4) is 0 Å². The van der Waals surface area contributed by atoms with E-state index in [0.717, 1.165) is 31.7 Å². The molecule has 5 heteroatoms. The highest BCUT2D eigenvalue weighted by Crippen LogP contribution is 2.18. The minimum absolute atomic E-state index is 0.189. The summed E-state index contributed by atoms with van der Waals surface area (Å²) in [6.07, 6.45) is 1.25. The average molecular weight is 255 g/mol. The van der Waals surface area contributed by atoms with Crippen molar-refractivity contribution < 1.29 is 8.78 Å². The van der Waals surface area contributed by atoms with E-state index in [1.54, 1.807) is 6.20 Å². The molecule has 18 heavy (non-hydrogen) atoms. The van der Waals surface area contributed by atoms with E-state index in [1.165, 1.54) is 6.92 Å². The van der Waals surface area contributed by atoms with Crippen LogP contribution in [0.1, 0.15) is 19.8 Å². The van der Waals surface area contributed by atoms with Crippen molar-refractivity contribution in [1.82, 2.24) is 10.3 Å². The second-order valence-electron chi connectivity index (χ2n) is 4.74. The molecule has 1 unspecified atom stereocenters. The fourth-order valence-electron chi connectivity index (χ4n) is 2.26. The third-order valence-electron chi connectivity index (χ3n) is 3.34. The molecule has 1 aromatic rings. The lowest BCUT2D eigenvalue weighted by atomic mass is 10.0. The second-order valence-corrected chi connectivity index (χ2v) is 4.74. The van der Waals surface area contributed by atoms with Gasteiger partial charge in [-0.3, -0.25) is 0 Å². The first-order chi connectivity index (χ1) is 8.66. The van der Waals surface area contributed by atoms with Crippen LogP contribution in [0.4, 0.5) is 14.6 Å². The Labute approximate surface area is 106 Å². The van der Waals surface area contributed by atoms with Gasteiger partial charge in [-0.2, -0.15) is 0 Å². The lowest BCUT2D eigenvalue weighted by Crippen LogP contribution is -2.47. The van der Waals surface area contributed by atoms with Gasteiger partial charge in [0, 0.05) is 25.3 Å². The highest BCUT2D eigenvalue weighted by molar-refractivity contribution is 5.38. The van der Waals surface area contributed by atoms with Crippen LogP contribution in [0.25, 0.3) is 0 Å². The molecule has 1 atom stereocenters. The number of nitrogens with zero attached hydrogens (tertiary/aromatic N) is 2. The fraction of sp³-hybridized carbons (Fsp3) is 0.615. The van der Waals surface area contributed by atoms with Gasteiger partial charge in [0.15, 0.2) is 0 Å². The van der Waals surface area contributed by atoms with Crippen molar-refractivity contribution in [2.45, 2.75) is 38.3 Å². The molecule has 1 aliphatic heterocycles. The Balaban J connectivity index is 1.81. The molecule has 0 radical (unpaired) electrons. The monoisotopic (exact) mass is 255 g/mol. The van der Waals surface area contributed by atoms with E-state index in [2.05, 4.69) is 15.2 Å². The number of hydrogen-bond donors (Lipinski definition) is 1. The summed E-state index contributed by atoms with van der Waals surface area (Å²) < 4.78 is 24.9. The van der Waals surface area contributed by atoms with E-state index in [-0.39, 0.29) is 6.04 Å². The molecule has 0 aromatic carbocycles. The van der Waals surface area contributed by atoms with Crippen molar-refractivity contribution in [2.24, 2.45) is 0 Å². The van der Waals surface area contributed by atoms with Gasteiger partial charge in [-0.15, -0.1) is 0 Å². The van der Waals surface area contributed by atoms with Crippen LogP contribution in [0.15, 0.2) is 24.4 Å². The standard InChI is InChI=1S/C13H19F2N3/c1-10(13(14)15)17-11-5-8-18(9-6-11)12-4-2-3-7-16-12/h2-4,7,10-11,13,17H,5-6,8-9H2,1H3. The lowest BCUT2D eigenvalue weighted by molar-refractivity contribution is 0.0976. The van der Waals surface area contributed by atoms with Crippen LogP contribution < -0.4 is 10.2 Å². The first-order valence-electron chi connectivity index (χ1n) is 6.37. The van der Waals surface area contributed by atoms with Gasteiger partial charge in [0.1, 0.15) is 5.82 Å². The zero-order chi connectivity index (χ0) is 13.0. The molecule has 0 spiro atoms. The Kier molecular flexibility index (Phi) is 4.47. The van der Waals surface area contributed by atoms with E-state index < -0.39 is 12.5 Å². The summed E-state index contributed by atoms with van der Waals surface area (Å²) in [5, 5.41) is 2.99. The highest BCUT2D eigenvalue weighted by Gasteiger charge is 2.23. The molecule has 3 nitrogen and oxygen atoms in total. The van der Waals surface area contributed by atoms with Gasteiger partial charge >= 0.3 is 0 Å². The Bertz CT molecular complexity index is 351. The normalized spacial score (nSPS) is 19.2. The number of piperidine rings is 1. The molecular weight excluding hydrogens is 236 g/mol. The third kappa shape index (κ3) is 3.38. The van der Waals surface area contributed by atoms with Crippen molar-refractivity contribution in [3.63, 3.8) is 0 Å². The van der Waals surface area contributed by atoms with Gasteiger partial charge in [0.2, 0.25) is 0 Å². The fourth-order valence-corrected chi connectivity index (χ4v) is 2.26. The maximum Gasteiger partial charge on any atom is 0.253 e. The SMILES string of the molecule is CC(NC1CCN(c2ccccn2)CC1)C(F)F. The van der Waals surface area contributed by atoms with E-state index in [0.29, 0.717) is 0 Å². The molecule has 1 aromatic heterocycles. The number of pyridine rings is 1. The van der Waals surface area contributed by atoms with Crippen molar-refractivity contribution >= 4 is 5.82 Å². The molecule has 1 fully saturated rings. The quantitative estimate of drug-likeness (QED) is 0.894. The van der Waals surface area contributed by atoms with Crippen molar-refractivity contribution in [3.05, 3.63) is 24.4 Å². The molecule has 2 heterocycles. The van der Waals surface area contributed by atoms with Crippen LogP contribution >= 0.6 is 0 Å². The van der Waals surface area contributed by atoms with Crippen LogP contribution in [0, 0.1) is 0 Å². The van der Waals surface area contributed by atoms with Gasteiger partial charge in [-0.05, 0) is 31.9 Å². The summed E-state index contributed by atoms with van der Waals surface area (Å²) in [7, 11) is 0. The van der Waals surface area contributed by atoms with Crippen molar-refractivity contribution in [2.75, 3.05) is 18.0 Å². The summed E-state index contributed by atoms with van der Waals surface area (Å²) in [5.41, 5.74) is 0. The van der Waals surface area contributed by atoms with Crippen LogP contribution in [0.5, 0.6) is 0 Å². The summed E-state index contributed by atoms with van der Waals surface area (Å²) in [6, 6.07) is 5.30. The second kappa shape index (κ2) is 6.09. The number of rotatable bonds is 4. The molecule has 0 amide bonds. The minimum atomic E-state index is -2.29. The molecule has 1 aliphatic rings. The first kappa shape index (κ1) is 13.2. The lowest BCUT2D eigenvalue weighted by Gasteiger charge is -2.34. The molecular formula is C13H19F2N3. The van der Waals surface area contributed by atoms with E-state index in [9.17, 15) is 8.78 Å². The zero-order valence-electron chi connectivity index (χ0n) is 10.5. The Morgan fingerprint density at radius 3 is 2.61 bits per heavy atom. The number of aromatic nitrogens is 1. The first-order valence-corrected chi connectivity index (χ1v) is 6.37. The summed E-state index contributed by atoms with van der Waals surface area (Å²) >= 11 is 0. The van der Waals surface area contributed by atoms with Crippen LogP contribution in [0.2, 0.25) is 0 Å². The van der Waals surface area contributed by atoms with Gasteiger partial charge < -0.3 is 10.2 Å². The van der Waals surface area contributed by atoms with Gasteiger partial charge in [0.05, 0.1) is 6.04 Å². The number of alkyl halides is 2. The largest absolute Gasteiger partial charge is 0.357 e.